The average Bonchev–Trinajstić information content (AvgIpc) is 3.20. The number of piperidine rings is 1. The van der Waals surface area contributed by atoms with E-state index in [1.165, 1.54) is 24.3 Å². The Morgan fingerprint density at radius 2 is 1.52 bits per heavy atom. The van der Waals surface area contributed by atoms with E-state index in [1.54, 1.807) is 4.90 Å². The maximum Gasteiger partial charge on any atom is 0.416 e. The van der Waals surface area contributed by atoms with Crippen LogP contribution in [0.5, 0.6) is 0 Å². The van der Waals surface area contributed by atoms with E-state index in [-0.39, 0.29) is 17.7 Å². The molecule has 7 heteroatoms. The second-order valence-corrected chi connectivity index (χ2v) is 7.09. The second kappa shape index (κ2) is 8.15. The number of likely N-dealkylation sites (tertiary alicyclic amines) is 2. The van der Waals surface area contributed by atoms with Crippen molar-refractivity contribution in [2.24, 2.45) is 5.92 Å². The van der Waals surface area contributed by atoms with Crippen molar-refractivity contribution in [3.05, 3.63) is 41.5 Å². The van der Waals surface area contributed by atoms with E-state index in [9.17, 15) is 22.8 Å². The van der Waals surface area contributed by atoms with E-state index in [2.05, 4.69) is 0 Å². The summed E-state index contributed by atoms with van der Waals surface area (Å²) in [5.41, 5.74) is -0.175. The van der Waals surface area contributed by atoms with Crippen LogP contribution in [0.1, 0.15) is 36.8 Å². The van der Waals surface area contributed by atoms with Crippen molar-refractivity contribution in [3.8, 4) is 0 Å². The molecule has 4 nitrogen and oxygen atoms in total. The van der Waals surface area contributed by atoms with Gasteiger partial charge in [0, 0.05) is 38.2 Å². The zero-order valence-electron chi connectivity index (χ0n) is 15.0. The minimum absolute atomic E-state index is 0.00829. The monoisotopic (exact) mass is 380 g/mol. The third kappa shape index (κ3) is 4.90. The highest BCUT2D eigenvalue weighted by molar-refractivity contribution is 5.92. The Labute approximate surface area is 156 Å². The van der Waals surface area contributed by atoms with E-state index in [1.807, 2.05) is 4.90 Å². The number of carbonyl (C=O) groups is 2. The standard InChI is InChI=1S/C20H23F3N2O2/c21-20(22,23)17-6-3-15(4-7-17)5-8-18(26)24-13-9-16(10-14-24)19(27)25-11-1-2-12-25/h3-8,16H,1-2,9-14H2/b8-5+. The van der Waals surface area contributed by atoms with E-state index in [4.69, 9.17) is 0 Å². The molecule has 146 valence electrons. The largest absolute Gasteiger partial charge is 0.416 e. The van der Waals surface area contributed by atoms with Gasteiger partial charge in [0.15, 0.2) is 0 Å². The van der Waals surface area contributed by atoms with Gasteiger partial charge >= 0.3 is 6.18 Å². The summed E-state index contributed by atoms with van der Waals surface area (Å²) in [6.07, 6.45) is 1.99. The SMILES string of the molecule is O=C(/C=C/c1ccc(C(F)(F)F)cc1)N1CCC(C(=O)N2CCCC2)CC1. The molecule has 0 spiro atoms. The van der Waals surface area contributed by atoms with E-state index in [0.717, 1.165) is 38.1 Å². The number of hydrogen-bond donors (Lipinski definition) is 0. The van der Waals surface area contributed by atoms with Gasteiger partial charge in [0.2, 0.25) is 11.8 Å². The Balaban J connectivity index is 1.50. The highest BCUT2D eigenvalue weighted by atomic mass is 19.4. The highest BCUT2D eigenvalue weighted by Gasteiger charge is 2.31. The molecular formula is C20H23F3N2O2. The van der Waals surface area contributed by atoms with Crippen LogP contribution in [0.15, 0.2) is 30.3 Å². The number of alkyl halides is 3. The number of rotatable bonds is 3. The van der Waals surface area contributed by atoms with Crippen molar-refractivity contribution in [2.75, 3.05) is 26.2 Å². The molecule has 0 N–H and O–H groups in total. The minimum Gasteiger partial charge on any atom is -0.342 e. The Hall–Kier alpha value is -2.31. The molecule has 0 saturated carbocycles. The summed E-state index contributed by atoms with van der Waals surface area (Å²) >= 11 is 0. The van der Waals surface area contributed by atoms with Gasteiger partial charge in [-0.3, -0.25) is 9.59 Å². The smallest absolute Gasteiger partial charge is 0.342 e. The fourth-order valence-electron chi connectivity index (χ4n) is 3.60. The summed E-state index contributed by atoms with van der Waals surface area (Å²) in [6, 6.07) is 4.68. The maximum absolute atomic E-state index is 12.6. The van der Waals surface area contributed by atoms with Crippen LogP contribution in [-0.4, -0.2) is 47.8 Å². The number of amides is 2. The van der Waals surface area contributed by atoms with Crippen LogP contribution in [-0.2, 0) is 15.8 Å². The fraction of sp³-hybridized carbons (Fsp3) is 0.500. The number of hydrogen-bond acceptors (Lipinski definition) is 2. The Kier molecular flexibility index (Phi) is 5.87. The quantitative estimate of drug-likeness (QED) is 0.752. The second-order valence-electron chi connectivity index (χ2n) is 7.09. The minimum atomic E-state index is -4.37. The lowest BCUT2D eigenvalue weighted by Crippen LogP contribution is -2.43. The average molecular weight is 380 g/mol. The Morgan fingerprint density at radius 1 is 0.926 bits per heavy atom. The lowest BCUT2D eigenvalue weighted by atomic mass is 9.95. The first-order chi connectivity index (χ1) is 12.8. The predicted octanol–water partition coefficient (Wildman–Crippen LogP) is 3.58. The van der Waals surface area contributed by atoms with Crippen molar-refractivity contribution in [1.82, 2.24) is 9.80 Å². The molecular weight excluding hydrogens is 357 g/mol. The molecule has 2 fully saturated rings. The lowest BCUT2D eigenvalue weighted by Gasteiger charge is -2.32. The molecule has 2 saturated heterocycles. The zero-order chi connectivity index (χ0) is 19.4. The van der Waals surface area contributed by atoms with Gasteiger partial charge in [0.25, 0.3) is 0 Å². The van der Waals surface area contributed by atoms with Crippen molar-refractivity contribution in [1.29, 1.82) is 0 Å². The van der Waals surface area contributed by atoms with Gasteiger partial charge in [0.05, 0.1) is 5.56 Å². The van der Waals surface area contributed by atoms with Crippen molar-refractivity contribution in [2.45, 2.75) is 31.9 Å². The molecule has 2 amide bonds. The number of benzene rings is 1. The molecule has 2 aliphatic rings. The molecule has 0 unspecified atom stereocenters. The van der Waals surface area contributed by atoms with Crippen molar-refractivity contribution >= 4 is 17.9 Å². The molecule has 0 radical (unpaired) electrons. The van der Waals surface area contributed by atoms with Crippen molar-refractivity contribution in [3.63, 3.8) is 0 Å². The normalized spacial score (nSPS) is 19.1. The first-order valence-electron chi connectivity index (χ1n) is 9.27. The Bertz CT molecular complexity index is 699. The third-order valence-electron chi connectivity index (χ3n) is 5.23. The number of nitrogens with zero attached hydrogens (tertiary/aromatic N) is 2. The summed E-state index contributed by atoms with van der Waals surface area (Å²) in [5, 5.41) is 0. The summed E-state index contributed by atoms with van der Waals surface area (Å²) < 4.78 is 37.7. The molecule has 0 atom stereocenters. The van der Waals surface area contributed by atoms with Crippen LogP contribution in [0.4, 0.5) is 13.2 Å². The number of halogens is 3. The van der Waals surface area contributed by atoms with E-state index in [0.29, 0.717) is 31.5 Å². The van der Waals surface area contributed by atoms with E-state index < -0.39 is 11.7 Å². The summed E-state index contributed by atoms with van der Waals surface area (Å²) in [7, 11) is 0. The summed E-state index contributed by atoms with van der Waals surface area (Å²) in [4.78, 5) is 28.3. The highest BCUT2D eigenvalue weighted by Crippen LogP contribution is 2.29. The summed E-state index contributed by atoms with van der Waals surface area (Å²) in [6.45, 7) is 2.74. The third-order valence-corrected chi connectivity index (χ3v) is 5.23. The molecule has 0 bridgehead atoms. The van der Waals surface area contributed by atoms with Crippen LogP contribution in [0.25, 0.3) is 6.08 Å². The summed E-state index contributed by atoms with van der Waals surface area (Å²) in [5.74, 6) is 0.0212. The molecule has 0 aromatic heterocycles. The van der Waals surface area contributed by atoms with Crippen LogP contribution >= 0.6 is 0 Å². The molecule has 27 heavy (non-hydrogen) atoms. The molecule has 3 rings (SSSR count). The first kappa shape index (κ1) is 19.5. The van der Waals surface area contributed by atoms with Gasteiger partial charge in [-0.05, 0) is 49.5 Å². The van der Waals surface area contributed by atoms with Gasteiger partial charge < -0.3 is 9.80 Å². The first-order valence-corrected chi connectivity index (χ1v) is 9.27. The number of carbonyl (C=O) groups excluding carboxylic acids is 2. The van der Waals surface area contributed by atoms with Gasteiger partial charge in [-0.15, -0.1) is 0 Å². The van der Waals surface area contributed by atoms with Crippen LogP contribution in [0, 0.1) is 5.92 Å². The fourth-order valence-corrected chi connectivity index (χ4v) is 3.60. The van der Waals surface area contributed by atoms with Crippen LogP contribution in [0.3, 0.4) is 0 Å². The van der Waals surface area contributed by atoms with Gasteiger partial charge in [-0.2, -0.15) is 13.2 Å². The molecule has 2 heterocycles. The molecule has 1 aromatic rings. The predicted molar refractivity (Wildman–Crippen MR) is 95.6 cm³/mol. The maximum atomic E-state index is 12.6. The lowest BCUT2D eigenvalue weighted by molar-refractivity contribution is -0.138. The van der Waals surface area contributed by atoms with Crippen LogP contribution in [0.2, 0.25) is 0 Å². The van der Waals surface area contributed by atoms with Crippen molar-refractivity contribution < 1.29 is 22.8 Å². The van der Waals surface area contributed by atoms with Gasteiger partial charge in [-0.25, -0.2) is 0 Å². The Morgan fingerprint density at radius 3 is 2.07 bits per heavy atom. The van der Waals surface area contributed by atoms with Crippen LogP contribution < -0.4 is 0 Å². The van der Waals surface area contributed by atoms with Gasteiger partial charge in [0.1, 0.15) is 0 Å². The molecule has 2 aliphatic heterocycles. The van der Waals surface area contributed by atoms with Gasteiger partial charge in [-0.1, -0.05) is 12.1 Å². The topological polar surface area (TPSA) is 40.6 Å². The van der Waals surface area contributed by atoms with E-state index >= 15 is 0 Å². The molecule has 1 aromatic carbocycles. The molecule has 0 aliphatic carbocycles. The zero-order valence-corrected chi connectivity index (χ0v) is 15.0.